The number of carbonyl (C=O) groups excluding carboxylic acids is 3. The number of likely N-dealkylation sites (tertiary alicyclic amines) is 1. The lowest BCUT2D eigenvalue weighted by Gasteiger charge is -2.15. The van der Waals surface area contributed by atoms with Crippen LogP contribution in [0.3, 0.4) is 0 Å². The van der Waals surface area contributed by atoms with E-state index in [2.05, 4.69) is 20.3 Å². The highest BCUT2D eigenvalue weighted by Crippen LogP contribution is 2.25. The zero-order valence-corrected chi connectivity index (χ0v) is 22.2. The third-order valence-corrected chi connectivity index (χ3v) is 6.19. The fourth-order valence-electron chi connectivity index (χ4n) is 3.72. The molecule has 1 saturated heterocycles. The summed E-state index contributed by atoms with van der Waals surface area (Å²) in [5.74, 6) is -0.385. The second-order valence-electron chi connectivity index (χ2n) is 8.77. The molecule has 0 radical (unpaired) electrons. The minimum atomic E-state index is -0.456. The molecule has 0 atom stereocenters. The maximum absolute atomic E-state index is 13.0. The van der Waals surface area contributed by atoms with Crippen molar-refractivity contribution in [3.63, 3.8) is 0 Å². The zero-order valence-electron chi connectivity index (χ0n) is 21.4. The van der Waals surface area contributed by atoms with Crippen LogP contribution in [-0.2, 0) is 16.0 Å². The average molecular weight is 540 g/mol. The molecule has 0 aliphatic carbocycles. The number of anilines is 1. The molecule has 1 N–H and O–H groups in total. The molecule has 3 aromatic heterocycles. The summed E-state index contributed by atoms with van der Waals surface area (Å²) in [7, 11) is 0. The van der Waals surface area contributed by atoms with Gasteiger partial charge < -0.3 is 19.1 Å². The number of hydrogen-bond donors (Lipinski definition) is 1. The van der Waals surface area contributed by atoms with Gasteiger partial charge in [0.15, 0.2) is 5.13 Å². The van der Waals surface area contributed by atoms with E-state index in [1.807, 2.05) is 13.8 Å². The summed E-state index contributed by atoms with van der Waals surface area (Å²) in [4.78, 5) is 51.9. The van der Waals surface area contributed by atoms with Crippen molar-refractivity contribution in [2.75, 3.05) is 25.0 Å². The van der Waals surface area contributed by atoms with E-state index in [9.17, 15) is 14.4 Å². The molecule has 0 unspecified atom stereocenters. The minimum absolute atomic E-state index is 0.0231. The molecule has 200 valence electrons. The number of rotatable bonds is 10. The van der Waals surface area contributed by atoms with Crippen molar-refractivity contribution in [2.45, 2.75) is 46.1 Å². The number of amides is 2. The number of nitrogens with one attached hydrogen (secondary N) is 1. The van der Waals surface area contributed by atoms with Gasteiger partial charge in [-0.05, 0) is 39.7 Å². The van der Waals surface area contributed by atoms with E-state index < -0.39 is 5.91 Å². The standard InChI is InChI=1S/C26H29N5O6S/c1-4-35-23(32)13-19-15-38-26(28-19)30-24(33)18-11-21(36-16(2)3)29-22(12-18)37-20-8-7-17(14-27-20)25(34)31-9-5-6-10-31/h7-8,11-12,14-16H,4-6,9-10,13H2,1-3H3,(H,28,30,33). The smallest absolute Gasteiger partial charge is 0.311 e. The summed E-state index contributed by atoms with van der Waals surface area (Å²) in [5, 5.41) is 4.74. The lowest BCUT2D eigenvalue weighted by molar-refractivity contribution is -0.142. The third kappa shape index (κ3) is 7.25. The topological polar surface area (TPSA) is 133 Å². The van der Waals surface area contributed by atoms with Crippen LogP contribution in [0.1, 0.15) is 60.0 Å². The number of nitrogens with zero attached hydrogens (tertiary/aromatic N) is 4. The molecule has 0 saturated carbocycles. The van der Waals surface area contributed by atoms with Crippen molar-refractivity contribution in [3.05, 3.63) is 52.7 Å². The Bertz CT molecular complexity index is 1290. The molecule has 2 amide bonds. The Morgan fingerprint density at radius 3 is 2.50 bits per heavy atom. The summed E-state index contributed by atoms with van der Waals surface area (Å²) in [5.41, 5.74) is 1.22. The van der Waals surface area contributed by atoms with E-state index in [0.29, 0.717) is 16.4 Å². The van der Waals surface area contributed by atoms with Gasteiger partial charge in [-0.15, -0.1) is 11.3 Å². The van der Waals surface area contributed by atoms with Crippen LogP contribution in [-0.4, -0.2) is 63.4 Å². The van der Waals surface area contributed by atoms with E-state index >= 15 is 0 Å². The summed E-state index contributed by atoms with van der Waals surface area (Å²) >= 11 is 1.20. The first-order valence-corrected chi connectivity index (χ1v) is 13.2. The molecule has 3 aromatic rings. The second kappa shape index (κ2) is 12.5. The van der Waals surface area contributed by atoms with Gasteiger partial charge in [0.25, 0.3) is 11.8 Å². The Balaban J connectivity index is 1.47. The van der Waals surface area contributed by atoms with E-state index in [-0.39, 0.29) is 54.2 Å². The third-order valence-electron chi connectivity index (χ3n) is 5.39. The maximum atomic E-state index is 13.0. The van der Waals surface area contributed by atoms with Gasteiger partial charge in [0.1, 0.15) is 0 Å². The fourth-order valence-corrected chi connectivity index (χ4v) is 4.42. The summed E-state index contributed by atoms with van der Waals surface area (Å²) in [6.07, 6.45) is 3.32. The number of ether oxygens (including phenoxy) is 3. The van der Waals surface area contributed by atoms with Crippen molar-refractivity contribution < 1.29 is 28.6 Å². The highest BCUT2D eigenvalue weighted by atomic mass is 32.1. The molecule has 4 rings (SSSR count). The molecule has 0 aromatic carbocycles. The molecule has 4 heterocycles. The zero-order chi connectivity index (χ0) is 27.1. The van der Waals surface area contributed by atoms with Crippen LogP contribution in [0.4, 0.5) is 5.13 Å². The predicted octanol–water partition coefficient (Wildman–Crippen LogP) is 4.11. The van der Waals surface area contributed by atoms with Gasteiger partial charge in [0, 0.05) is 42.9 Å². The SMILES string of the molecule is CCOC(=O)Cc1csc(NC(=O)c2cc(Oc3ccc(C(=O)N4CCCC4)cn3)nc(OC(C)C)c2)n1. The lowest BCUT2D eigenvalue weighted by Crippen LogP contribution is -2.27. The van der Waals surface area contributed by atoms with Gasteiger partial charge in [0.05, 0.1) is 36.0 Å². The van der Waals surface area contributed by atoms with Crippen LogP contribution >= 0.6 is 11.3 Å². The van der Waals surface area contributed by atoms with E-state index in [0.717, 1.165) is 25.9 Å². The lowest BCUT2D eigenvalue weighted by atomic mass is 10.2. The molecule has 11 nitrogen and oxygen atoms in total. The van der Waals surface area contributed by atoms with Gasteiger partial charge in [-0.3, -0.25) is 19.7 Å². The average Bonchev–Trinajstić information content (AvgIpc) is 3.56. The molecule has 12 heteroatoms. The van der Waals surface area contributed by atoms with Gasteiger partial charge in [-0.1, -0.05) is 0 Å². The molecule has 0 bridgehead atoms. The van der Waals surface area contributed by atoms with Crippen LogP contribution < -0.4 is 14.8 Å². The molecule has 1 aliphatic heterocycles. The molecule has 38 heavy (non-hydrogen) atoms. The van der Waals surface area contributed by atoms with Crippen LogP contribution in [0, 0.1) is 0 Å². The van der Waals surface area contributed by atoms with Crippen LogP contribution in [0.15, 0.2) is 35.8 Å². The van der Waals surface area contributed by atoms with Crippen molar-refractivity contribution in [3.8, 4) is 17.6 Å². The Kier molecular flexibility index (Phi) is 8.85. The number of carbonyl (C=O) groups is 3. The quantitative estimate of drug-likeness (QED) is 0.378. The predicted molar refractivity (Wildman–Crippen MR) is 140 cm³/mol. The minimum Gasteiger partial charge on any atom is -0.475 e. The Morgan fingerprint density at radius 1 is 1.05 bits per heavy atom. The van der Waals surface area contributed by atoms with Crippen LogP contribution in [0.25, 0.3) is 0 Å². The number of pyridine rings is 2. The Labute approximate surface area is 224 Å². The van der Waals surface area contributed by atoms with Crippen LogP contribution in [0.2, 0.25) is 0 Å². The number of aromatic nitrogens is 3. The highest BCUT2D eigenvalue weighted by Gasteiger charge is 2.20. The summed E-state index contributed by atoms with van der Waals surface area (Å²) in [6.45, 7) is 7.21. The summed E-state index contributed by atoms with van der Waals surface area (Å²) < 4.78 is 16.4. The Hall–Kier alpha value is -4.06. The first-order chi connectivity index (χ1) is 18.3. The van der Waals surface area contributed by atoms with Gasteiger partial charge in [-0.25, -0.2) is 9.97 Å². The summed E-state index contributed by atoms with van der Waals surface area (Å²) in [6, 6.07) is 6.20. The van der Waals surface area contributed by atoms with Gasteiger partial charge in [-0.2, -0.15) is 4.98 Å². The van der Waals surface area contributed by atoms with Crippen molar-refractivity contribution in [1.82, 2.24) is 19.9 Å². The van der Waals surface area contributed by atoms with Crippen LogP contribution in [0.5, 0.6) is 17.6 Å². The fraction of sp³-hybridized carbons (Fsp3) is 0.385. The maximum Gasteiger partial charge on any atom is 0.311 e. The number of esters is 1. The van der Waals surface area contributed by atoms with Crippen molar-refractivity contribution >= 4 is 34.3 Å². The van der Waals surface area contributed by atoms with Crippen molar-refractivity contribution in [1.29, 1.82) is 0 Å². The van der Waals surface area contributed by atoms with E-state index in [4.69, 9.17) is 14.2 Å². The first-order valence-electron chi connectivity index (χ1n) is 12.3. The van der Waals surface area contributed by atoms with Gasteiger partial charge in [0.2, 0.25) is 17.6 Å². The van der Waals surface area contributed by atoms with Crippen molar-refractivity contribution in [2.24, 2.45) is 0 Å². The molecular formula is C26H29N5O6S. The highest BCUT2D eigenvalue weighted by molar-refractivity contribution is 7.14. The largest absolute Gasteiger partial charge is 0.475 e. The van der Waals surface area contributed by atoms with E-state index in [1.54, 1.807) is 29.3 Å². The second-order valence-corrected chi connectivity index (χ2v) is 9.62. The molecule has 1 aliphatic rings. The monoisotopic (exact) mass is 539 g/mol. The first kappa shape index (κ1) is 27.0. The molecular weight excluding hydrogens is 510 g/mol. The number of thiazole rings is 1. The normalized spacial score (nSPS) is 12.9. The number of hydrogen-bond acceptors (Lipinski definition) is 10. The molecule has 0 spiro atoms. The van der Waals surface area contributed by atoms with Gasteiger partial charge >= 0.3 is 5.97 Å². The Morgan fingerprint density at radius 2 is 1.82 bits per heavy atom. The van der Waals surface area contributed by atoms with E-state index in [1.165, 1.54) is 29.7 Å². The molecule has 1 fully saturated rings.